The van der Waals surface area contributed by atoms with Gasteiger partial charge in [-0.2, -0.15) is 0 Å². The molecule has 0 saturated heterocycles. The van der Waals surface area contributed by atoms with Gasteiger partial charge >= 0.3 is 0 Å². The fourth-order valence-corrected chi connectivity index (χ4v) is 4.84. The molecule has 2 amide bonds. The van der Waals surface area contributed by atoms with Gasteiger partial charge in [0.1, 0.15) is 6.04 Å². The lowest BCUT2D eigenvalue weighted by atomic mass is 10.1. The van der Waals surface area contributed by atoms with Gasteiger partial charge in [-0.15, -0.1) is 0 Å². The maximum Gasteiger partial charge on any atom is 0.242 e. The topological polar surface area (TPSA) is 86.8 Å². The van der Waals surface area contributed by atoms with Crippen molar-refractivity contribution < 1.29 is 18.0 Å². The van der Waals surface area contributed by atoms with E-state index in [1.54, 1.807) is 47.4 Å². The Morgan fingerprint density at radius 3 is 2.24 bits per heavy atom. The number of benzene rings is 2. The van der Waals surface area contributed by atoms with Crippen LogP contribution in [0.4, 0.5) is 0 Å². The first-order valence-corrected chi connectivity index (χ1v) is 12.9. The first-order valence-electron chi connectivity index (χ1n) is 11.0. The van der Waals surface area contributed by atoms with Gasteiger partial charge in [-0.3, -0.25) is 9.59 Å². The highest BCUT2D eigenvalue weighted by Gasteiger charge is 2.28. The molecule has 0 aliphatic carbocycles. The van der Waals surface area contributed by atoms with Crippen LogP contribution in [0, 0.1) is 0 Å². The number of hydrogen-bond acceptors (Lipinski definition) is 4. The lowest BCUT2D eigenvalue weighted by Crippen LogP contribution is -2.49. The van der Waals surface area contributed by atoms with Gasteiger partial charge in [0, 0.05) is 38.1 Å². The Bertz CT molecular complexity index is 1010. The van der Waals surface area contributed by atoms with E-state index < -0.39 is 16.1 Å². The van der Waals surface area contributed by atoms with Gasteiger partial charge in [0.25, 0.3) is 0 Å². The van der Waals surface area contributed by atoms with E-state index in [2.05, 4.69) is 5.32 Å². The zero-order valence-electron chi connectivity index (χ0n) is 19.3. The van der Waals surface area contributed by atoms with Crippen LogP contribution in [0.15, 0.2) is 59.5 Å². The predicted molar refractivity (Wildman–Crippen MR) is 130 cm³/mol. The van der Waals surface area contributed by atoms with Crippen LogP contribution in [0.3, 0.4) is 0 Å². The zero-order valence-corrected chi connectivity index (χ0v) is 20.9. The molecule has 0 aromatic heterocycles. The van der Waals surface area contributed by atoms with Gasteiger partial charge in [0.05, 0.1) is 4.90 Å². The first kappa shape index (κ1) is 26.8. The van der Waals surface area contributed by atoms with E-state index in [0.717, 1.165) is 5.56 Å². The Kier molecular flexibility index (Phi) is 10.3. The molecule has 2 aromatic carbocycles. The normalized spacial score (nSPS) is 12.4. The van der Waals surface area contributed by atoms with Gasteiger partial charge in [-0.1, -0.05) is 48.9 Å². The van der Waals surface area contributed by atoms with E-state index in [9.17, 15) is 18.0 Å². The number of sulfonamides is 1. The van der Waals surface area contributed by atoms with E-state index >= 15 is 0 Å². The number of halogens is 1. The van der Waals surface area contributed by atoms with Crippen molar-refractivity contribution in [1.29, 1.82) is 0 Å². The molecular weight excluding hydrogens is 462 g/mol. The van der Waals surface area contributed by atoms with Gasteiger partial charge in [0.2, 0.25) is 21.8 Å². The maximum absolute atomic E-state index is 13.2. The molecule has 9 heteroatoms. The van der Waals surface area contributed by atoms with Crippen LogP contribution in [-0.4, -0.2) is 55.6 Å². The minimum absolute atomic E-state index is 0.123. The number of likely N-dealkylation sites (N-methyl/N-ethyl adjacent to an activating group) is 1. The number of carbonyl (C=O) groups excluding carboxylic acids is 2. The van der Waals surface area contributed by atoms with Crippen LogP contribution in [0.25, 0.3) is 0 Å². The number of nitrogens with one attached hydrogen (secondary N) is 1. The molecule has 180 valence electrons. The second-order valence-electron chi connectivity index (χ2n) is 7.71. The number of nitrogens with zero attached hydrogens (tertiary/aromatic N) is 2. The molecule has 0 saturated carbocycles. The molecule has 0 fully saturated rings. The Morgan fingerprint density at radius 1 is 1.03 bits per heavy atom. The third-order valence-electron chi connectivity index (χ3n) is 5.32. The van der Waals surface area contributed by atoms with Gasteiger partial charge in [-0.05, 0) is 49.6 Å². The molecule has 1 unspecified atom stereocenters. The van der Waals surface area contributed by atoms with Crippen molar-refractivity contribution in [3.63, 3.8) is 0 Å². The predicted octanol–water partition coefficient (Wildman–Crippen LogP) is 3.68. The summed E-state index contributed by atoms with van der Waals surface area (Å²) in [7, 11) is -2.12. The fourth-order valence-electron chi connectivity index (χ4n) is 3.49. The minimum Gasteiger partial charge on any atom is -0.355 e. The van der Waals surface area contributed by atoms with E-state index in [1.807, 2.05) is 26.0 Å². The number of carbonyl (C=O) groups is 2. The molecule has 1 N–H and O–H groups in total. The number of rotatable bonds is 12. The van der Waals surface area contributed by atoms with Crippen molar-refractivity contribution in [2.24, 2.45) is 0 Å². The monoisotopic (exact) mass is 493 g/mol. The summed E-state index contributed by atoms with van der Waals surface area (Å²) >= 11 is 5.97. The summed E-state index contributed by atoms with van der Waals surface area (Å²) in [5.41, 5.74) is 0.860. The third kappa shape index (κ3) is 7.55. The Balaban J connectivity index is 2.10. The summed E-state index contributed by atoms with van der Waals surface area (Å²) < 4.78 is 26.6. The summed E-state index contributed by atoms with van der Waals surface area (Å²) in [4.78, 5) is 27.6. The summed E-state index contributed by atoms with van der Waals surface area (Å²) in [5, 5.41) is 3.39. The van der Waals surface area contributed by atoms with Crippen molar-refractivity contribution in [3.8, 4) is 0 Å². The fraction of sp³-hybridized carbons (Fsp3) is 0.417. The van der Waals surface area contributed by atoms with Crippen LogP contribution in [0.2, 0.25) is 5.02 Å². The third-order valence-corrected chi connectivity index (χ3v) is 7.44. The highest BCUT2D eigenvalue weighted by atomic mass is 35.5. The van der Waals surface area contributed by atoms with Crippen molar-refractivity contribution in [3.05, 3.63) is 65.2 Å². The molecule has 0 aliphatic rings. The molecular formula is C24H32ClN3O4S. The molecule has 0 bridgehead atoms. The van der Waals surface area contributed by atoms with Crippen LogP contribution in [0.1, 0.15) is 38.7 Å². The standard InChI is InChI=1S/C24H32ClN3O4S/c1-4-22(24(30)26-5-2)28(18-19-13-15-20(25)16-14-19)23(29)12-9-17-27(3)33(31,32)21-10-7-6-8-11-21/h6-8,10-11,13-16,22H,4-5,9,12,17-18H2,1-3H3,(H,26,30). The summed E-state index contributed by atoms with van der Waals surface area (Å²) in [6, 6.07) is 14.7. The molecule has 0 aliphatic heterocycles. The zero-order chi connectivity index (χ0) is 24.4. The molecule has 33 heavy (non-hydrogen) atoms. The smallest absolute Gasteiger partial charge is 0.242 e. The number of amides is 2. The first-order chi connectivity index (χ1) is 15.7. The van der Waals surface area contributed by atoms with Crippen molar-refractivity contribution in [2.45, 2.75) is 50.6 Å². The maximum atomic E-state index is 13.2. The highest BCUT2D eigenvalue weighted by molar-refractivity contribution is 7.89. The van der Waals surface area contributed by atoms with Crippen LogP contribution >= 0.6 is 11.6 Å². The SMILES string of the molecule is CCNC(=O)C(CC)N(Cc1ccc(Cl)cc1)C(=O)CCCN(C)S(=O)(=O)c1ccccc1. The molecule has 0 radical (unpaired) electrons. The van der Waals surface area contributed by atoms with Gasteiger partial charge in [-0.25, -0.2) is 12.7 Å². The van der Waals surface area contributed by atoms with Crippen LogP contribution in [0.5, 0.6) is 0 Å². The Hall–Kier alpha value is -2.42. The highest BCUT2D eigenvalue weighted by Crippen LogP contribution is 2.18. The van der Waals surface area contributed by atoms with Gasteiger partial charge < -0.3 is 10.2 Å². The van der Waals surface area contributed by atoms with Crippen LogP contribution < -0.4 is 5.32 Å². The van der Waals surface area contributed by atoms with Crippen molar-refractivity contribution in [2.75, 3.05) is 20.1 Å². The van der Waals surface area contributed by atoms with Gasteiger partial charge in [0.15, 0.2) is 0 Å². The van der Waals surface area contributed by atoms with Crippen LogP contribution in [-0.2, 0) is 26.2 Å². The second-order valence-corrected chi connectivity index (χ2v) is 10.2. The molecule has 1 atom stereocenters. The lowest BCUT2D eigenvalue weighted by Gasteiger charge is -2.31. The Morgan fingerprint density at radius 2 is 1.67 bits per heavy atom. The van der Waals surface area contributed by atoms with E-state index in [4.69, 9.17) is 11.6 Å². The molecule has 2 aromatic rings. The molecule has 0 heterocycles. The quantitative estimate of drug-likeness (QED) is 0.488. The van der Waals surface area contributed by atoms with Crippen molar-refractivity contribution >= 4 is 33.4 Å². The molecule has 2 rings (SSSR count). The summed E-state index contributed by atoms with van der Waals surface area (Å²) in [6.07, 6.45) is 0.927. The van der Waals surface area contributed by atoms with E-state index in [1.165, 1.54) is 11.4 Å². The lowest BCUT2D eigenvalue weighted by molar-refractivity contribution is -0.141. The summed E-state index contributed by atoms with van der Waals surface area (Å²) in [6.45, 7) is 4.63. The van der Waals surface area contributed by atoms with Crippen molar-refractivity contribution in [1.82, 2.24) is 14.5 Å². The Labute approximate surface area is 201 Å². The van der Waals surface area contributed by atoms with E-state index in [0.29, 0.717) is 24.4 Å². The molecule has 7 nitrogen and oxygen atoms in total. The summed E-state index contributed by atoms with van der Waals surface area (Å²) in [5.74, 6) is -0.403. The largest absolute Gasteiger partial charge is 0.355 e. The number of hydrogen-bond donors (Lipinski definition) is 1. The molecule has 0 spiro atoms. The minimum atomic E-state index is -3.62. The van der Waals surface area contributed by atoms with E-state index in [-0.39, 0.29) is 36.2 Å². The average Bonchev–Trinajstić information content (AvgIpc) is 2.80. The second kappa shape index (κ2) is 12.7. The average molecular weight is 494 g/mol.